The van der Waals surface area contributed by atoms with Crippen molar-refractivity contribution in [3.63, 3.8) is 0 Å². The fraction of sp³-hybridized carbons (Fsp3) is 0.500. The highest BCUT2D eigenvalue weighted by atomic mass is 16.2. The fourth-order valence-electron chi connectivity index (χ4n) is 0.367. The van der Waals surface area contributed by atoms with Gasteiger partial charge in [0.25, 0.3) is 0 Å². The van der Waals surface area contributed by atoms with Gasteiger partial charge in [-0.25, -0.2) is 0 Å². The van der Waals surface area contributed by atoms with Gasteiger partial charge >= 0.3 is 0 Å². The topological polar surface area (TPSA) is 46.2 Å². The Morgan fingerprint density at radius 1 is 1.27 bits per heavy atom. The first kappa shape index (κ1) is 12.5. The lowest BCUT2D eigenvalue weighted by Gasteiger charge is -1.90. The van der Waals surface area contributed by atoms with Crippen molar-refractivity contribution in [3.8, 4) is 0 Å². The molecular formula is C8H15NO2. The van der Waals surface area contributed by atoms with E-state index in [1.807, 2.05) is 13.8 Å². The predicted molar refractivity (Wildman–Crippen MR) is 45.0 cm³/mol. The molecule has 0 aliphatic carbocycles. The predicted octanol–water partition coefficient (Wildman–Crippen LogP) is 1.25. The Balaban J connectivity index is 0. The molecule has 0 aromatic heterocycles. The summed E-state index contributed by atoms with van der Waals surface area (Å²) in [5.41, 5.74) is 0. The minimum Gasteiger partial charge on any atom is -0.293 e. The van der Waals surface area contributed by atoms with Crippen LogP contribution in [0.2, 0.25) is 0 Å². The fourth-order valence-corrected chi connectivity index (χ4v) is 0.367. The number of amides is 2. The summed E-state index contributed by atoms with van der Waals surface area (Å²) in [6.07, 6.45) is 2.86. The molecule has 0 aliphatic heterocycles. The second-order valence-electron chi connectivity index (χ2n) is 1.55. The Bertz CT molecular complexity index is 150. The van der Waals surface area contributed by atoms with E-state index in [1.165, 1.54) is 13.0 Å². The average molecular weight is 157 g/mol. The molecule has 0 aliphatic rings. The third-order valence-electron chi connectivity index (χ3n) is 0.617. The molecule has 3 heteroatoms. The summed E-state index contributed by atoms with van der Waals surface area (Å²) >= 11 is 0. The van der Waals surface area contributed by atoms with Gasteiger partial charge in [0, 0.05) is 6.92 Å². The summed E-state index contributed by atoms with van der Waals surface area (Å²) in [4.78, 5) is 20.6. The Morgan fingerprint density at radius 2 is 1.73 bits per heavy atom. The zero-order valence-electron chi connectivity index (χ0n) is 7.47. The summed E-state index contributed by atoms with van der Waals surface area (Å²) in [6, 6.07) is 0. The van der Waals surface area contributed by atoms with E-state index >= 15 is 0 Å². The number of allylic oxidation sites excluding steroid dienone is 1. The molecule has 1 N–H and O–H groups in total. The van der Waals surface area contributed by atoms with Crippen molar-refractivity contribution < 1.29 is 9.59 Å². The maximum atomic E-state index is 10.4. The zero-order chi connectivity index (χ0) is 9.28. The number of carbonyl (C=O) groups excluding carboxylic acids is 2. The van der Waals surface area contributed by atoms with E-state index < -0.39 is 0 Å². The minimum atomic E-state index is -0.370. The normalized spacial score (nSPS) is 8.36. The molecular weight excluding hydrogens is 142 g/mol. The first-order valence-corrected chi connectivity index (χ1v) is 3.61. The molecule has 0 heterocycles. The van der Waals surface area contributed by atoms with Crippen molar-refractivity contribution in [1.82, 2.24) is 5.32 Å². The smallest absolute Gasteiger partial charge is 0.250 e. The Kier molecular flexibility index (Phi) is 10.1. The minimum absolute atomic E-state index is 0.335. The quantitative estimate of drug-likeness (QED) is 0.582. The molecule has 3 nitrogen and oxygen atoms in total. The van der Waals surface area contributed by atoms with Crippen LogP contribution < -0.4 is 5.32 Å². The van der Waals surface area contributed by atoms with E-state index in [0.29, 0.717) is 0 Å². The number of rotatable bonds is 1. The summed E-state index contributed by atoms with van der Waals surface area (Å²) < 4.78 is 0. The second kappa shape index (κ2) is 8.88. The third-order valence-corrected chi connectivity index (χ3v) is 0.617. The van der Waals surface area contributed by atoms with Crippen LogP contribution in [0.15, 0.2) is 12.2 Å². The van der Waals surface area contributed by atoms with Crippen LogP contribution in [0.3, 0.4) is 0 Å². The number of nitrogens with one attached hydrogen (secondary N) is 1. The molecule has 2 amide bonds. The molecule has 0 bridgehead atoms. The molecule has 64 valence electrons. The zero-order valence-corrected chi connectivity index (χ0v) is 7.47. The SMILES string of the molecule is C/C=C\C(=O)NC(C)=O.CC. The van der Waals surface area contributed by atoms with Crippen LogP contribution in [-0.4, -0.2) is 11.8 Å². The van der Waals surface area contributed by atoms with Gasteiger partial charge in [-0.3, -0.25) is 14.9 Å². The van der Waals surface area contributed by atoms with Gasteiger partial charge in [-0.2, -0.15) is 0 Å². The maximum absolute atomic E-state index is 10.4. The number of imide groups is 1. The molecule has 0 saturated heterocycles. The van der Waals surface area contributed by atoms with Crippen LogP contribution in [-0.2, 0) is 9.59 Å². The van der Waals surface area contributed by atoms with Crippen LogP contribution in [0, 0.1) is 0 Å². The molecule has 0 spiro atoms. The van der Waals surface area contributed by atoms with Crippen molar-refractivity contribution >= 4 is 11.8 Å². The first-order valence-electron chi connectivity index (χ1n) is 3.61. The molecule has 0 aromatic carbocycles. The van der Waals surface area contributed by atoms with Crippen molar-refractivity contribution in [2.24, 2.45) is 0 Å². The van der Waals surface area contributed by atoms with Gasteiger partial charge in [-0.1, -0.05) is 19.9 Å². The lowest BCUT2D eigenvalue weighted by Crippen LogP contribution is -2.25. The van der Waals surface area contributed by atoms with E-state index in [-0.39, 0.29) is 11.8 Å². The monoisotopic (exact) mass is 157 g/mol. The van der Waals surface area contributed by atoms with E-state index in [4.69, 9.17) is 0 Å². The molecule has 0 atom stereocenters. The highest BCUT2D eigenvalue weighted by molar-refractivity contribution is 5.99. The standard InChI is InChI=1S/C6H9NO2.C2H6/c1-3-4-6(9)7-5(2)8;1-2/h3-4H,1-2H3,(H,7,8,9);1-2H3/b4-3-;. The second-order valence-corrected chi connectivity index (χ2v) is 1.55. The van der Waals surface area contributed by atoms with Crippen LogP contribution >= 0.6 is 0 Å². The molecule has 0 aromatic rings. The third kappa shape index (κ3) is 12.2. The van der Waals surface area contributed by atoms with Crippen LogP contribution in [0.4, 0.5) is 0 Å². The van der Waals surface area contributed by atoms with Gasteiger partial charge in [-0.05, 0) is 13.0 Å². The van der Waals surface area contributed by atoms with E-state index in [2.05, 4.69) is 5.32 Å². The molecule has 0 unspecified atom stereocenters. The molecule has 0 rings (SSSR count). The van der Waals surface area contributed by atoms with Gasteiger partial charge in [-0.15, -0.1) is 0 Å². The number of hydrogen-bond acceptors (Lipinski definition) is 2. The van der Waals surface area contributed by atoms with Crippen LogP contribution in [0.5, 0.6) is 0 Å². The highest BCUT2D eigenvalue weighted by Gasteiger charge is 1.94. The Hall–Kier alpha value is -1.12. The maximum Gasteiger partial charge on any atom is 0.250 e. The van der Waals surface area contributed by atoms with E-state index in [9.17, 15) is 9.59 Å². The lowest BCUT2D eigenvalue weighted by molar-refractivity contribution is -0.126. The summed E-state index contributed by atoms with van der Waals surface area (Å²) in [5.74, 6) is -0.705. The Labute approximate surface area is 67.5 Å². The van der Waals surface area contributed by atoms with Gasteiger partial charge < -0.3 is 0 Å². The summed E-state index contributed by atoms with van der Waals surface area (Å²) in [7, 11) is 0. The number of carbonyl (C=O) groups is 2. The molecule has 11 heavy (non-hydrogen) atoms. The van der Waals surface area contributed by atoms with Crippen LogP contribution in [0.25, 0.3) is 0 Å². The average Bonchev–Trinajstić information content (AvgIpc) is 1.91. The first-order chi connectivity index (χ1) is 5.16. The molecule has 0 saturated carbocycles. The van der Waals surface area contributed by atoms with Gasteiger partial charge in [0.15, 0.2) is 0 Å². The molecule has 0 radical (unpaired) electrons. The summed E-state index contributed by atoms with van der Waals surface area (Å²) in [6.45, 7) is 7.00. The summed E-state index contributed by atoms with van der Waals surface area (Å²) in [5, 5.41) is 2.08. The molecule has 0 fully saturated rings. The van der Waals surface area contributed by atoms with E-state index in [0.717, 1.165) is 0 Å². The highest BCUT2D eigenvalue weighted by Crippen LogP contribution is 1.70. The van der Waals surface area contributed by atoms with Gasteiger partial charge in [0.1, 0.15) is 0 Å². The Morgan fingerprint density at radius 3 is 2.00 bits per heavy atom. The number of hydrogen-bond donors (Lipinski definition) is 1. The van der Waals surface area contributed by atoms with Crippen LogP contribution in [0.1, 0.15) is 27.7 Å². The lowest BCUT2D eigenvalue weighted by atomic mass is 10.5. The van der Waals surface area contributed by atoms with Gasteiger partial charge in [0.2, 0.25) is 11.8 Å². The largest absolute Gasteiger partial charge is 0.293 e. The van der Waals surface area contributed by atoms with Crippen molar-refractivity contribution in [3.05, 3.63) is 12.2 Å². The van der Waals surface area contributed by atoms with E-state index in [1.54, 1.807) is 13.0 Å². The van der Waals surface area contributed by atoms with Crippen molar-refractivity contribution in [2.75, 3.05) is 0 Å². The van der Waals surface area contributed by atoms with Crippen molar-refractivity contribution in [1.29, 1.82) is 0 Å². The van der Waals surface area contributed by atoms with Gasteiger partial charge in [0.05, 0.1) is 0 Å². The van der Waals surface area contributed by atoms with Crippen molar-refractivity contribution in [2.45, 2.75) is 27.7 Å².